The third kappa shape index (κ3) is 4.52. The molecule has 2 heterocycles. The zero-order chi connectivity index (χ0) is 13.7. The molecule has 0 unspecified atom stereocenters. The third-order valence-electron chi connectivity index (χ3n) is 2.56. The minimum Gasteiger partial charge on any atom is -0.374 e. The molecule has 0 aromatic carbocycles. The molecule has 104 valence electrons. The van der Waals surface area contributed by atoms with Crippen LogP contribution in [0.2, 0.25) is 0 Å². The summed E-state index contributed by atoms with van der Waals surface area (Å²) in [5.41, 5.74) is 1.04. The van der Waals surface area contributed by atoms with Gasteiger partial charge in [0, 0.05) is 45.9 Å². The van der Waals surface area contributed by atoms with E-state index in [1.807, 2.05) is 0 Å². The number of aromatic nitrogens is 2. The molecule has 2 aromatic heterocycles. The summed E-state index contributed by atoms with van der Waals surface area (Å²) in [5, 5.41) is 10.8. The minimum atomic E-state index is 0.818. The maximum absolute atomic E-state index is 4.21. The lowest BCUT2D eigenvalue weighted by Gasteiger charge is -2.14. The second-order valence-corrected chi connectivity index (χ2v) is 7.04. The Morgan fingerprint density at radius 3 is 2.95 bits per heavy atom. The highest BCUT2D eigenvalue weighted by atomic mass is 79.9. The lowest BCUT2D eigenvalue weighted by Crippen LogP contribution is -2.17. The first-order valence-electron chi connectivity index (χ1n) is 6.15. The Morgan fingerprint density at radius 1 is 1.42 bits per heavy atom. The molecule has 0 saturated heterocycles. The van der Waals surface area contributed by atoms with Crippen molar-refractivity contribution < 1.29 is 0 Å². The zero-order valence-corrected chi connectivity index (χ0v) is 14.2. The molecule has 0 fully saturated rings. The fourth-order valence-corrected chi connectivity index (χ4v) is 3.83. The van der Waals surface area contributed by atoms with Crippen LogP contribution in [0.5, 0.6) is 0 Å². The molecule has 0 saturated carbocycles. The first kappa shape index (κ1) is 14.9. The van der Waals surface area contributed by atoms with E-state index < -0.39 is 0 Å². The van der Waals surface area contributed by atoms with E-state index in [-0.39, 0.29) is 0 Å². The van der Waals surface area contributed by atoms with Gasteiger partial charge in [0.05, 0.1) is 0 Å². The van der Waals surface area contributed by atoms with Crippen LogP contribution >= 0.6 is 38.8 Å². The summed E-state index contributed by atoms with van der Waals surface area (Å²) < 4.78 is 5.19. The van der Waals surface area contributed by atoms with Crippen LogP contribution in [-0.2, 0) is 13.1 Å². The fourth-order valence-electron chi connectivity index (χ4n) is 1.70. The third-order valence-corrected chi connectivity index (χ3v) is 4.97. The highest BCUT2D eigenvalue weighted by Crippen LogP contribution is 2.23. The predicted octanol–water partition coefficient (Wildman–Crippen LogP) is 3.82. The highest BCUT2D eigenvalue weighted by Gasteiger charge is 2.11. The standard InChI is InChI=1S/C12H17BrN4S2/c1-3-4-14-12-11(15-16-19-12)7-17(2)6-10-5-9(13)8-18-10/h5,8,14H,3-4,6-7H2,1-2H3. The van der Waals surface area contributed by atoms with Crippen molar-refractivity contribution in [2.24, 2.45) is 0 Å². The smallest absolute Gasteiger partial charge is 0.134 e. The molecule has 0 bridgehead atoms. The summed E-state index contributed by atoms with van der Waals surface area (Å²) in [4.78, 5) is 3.60. The van der Waals surface area contributed by atoms with Gasteiger partial charge >= 0.3 is 0 Å². The Balaban J connectivity index is 1.91. The van der Waals surface area contributed by atoms with E-state index in [0.29, 0.717) is 0 Å². The summed E-state index contributed by atoms with van der Waals surface area (Å²) in [6, 6.07) is 2.16. The molecule has 0 radical (unpaired) electrons. The van der Waals surface area contributed by atoms with Crippen LogP contribution in [0, 0.1) is 0 Å². The Hall–Kier alpha value is -0.500. The monoisotopic (exact) mass is 360 g/mol. The van der Waals surface area contributed by atoms with E-state index in [1.54, 1.807) is 11.3 Å². The average molecular weight is 361 g/mol. The molecule has 2 rings (SSSR count). The summed E-state index contributed by atoms with van der Waals surface area (Å²) in [6.07, 6.45) is 1.11. The molecule has 0 atom stereocenters. The molecular weight excluding hydrogens is 344 g/mol. The van der Waals surface area contributed by atoms with Crippen molar-refractivity contribution in [1.82, 2.24) is 14.5 Å². The number of halogens is 1. The van der Waals surface area contributed by atoms with Crippen LogP contribution in [0.3, 0.4) is 0 Å². The molecule has 19 heavy (non-hydrogen) atoms. The molecule has 0 spiro atoms. The highest BCUT2D eigenvalue weighted by molar-refractivity contribution is 9.10. The van der Waals surface area contributed by atoms with Gasteiger partial charge in [-0.1, -0.05) is 11.4 Å². The molecule has 0 amide bonds. The number of hydrogen-bond acceptors (Lipinski definition) is 6. The SMILES string of the molecule is CCCNc1snnc1CN(C)Cc1cc(Br)cs1. The van der Waals surface area contributed by atoms with Gasteiger partial charge in [-0.25, -0.2) is 0 Å². The Bertz CT molecular complexity index is 511. The van der Waals surface area contributed by atoms with Crippen molar-refractivity contribution in [3.05, 3.63) is 26.5 Å². The van der Waals surface area contributed by atoms with Gasteiger partial charge in [0.15, 0.2) is 0 Å². The zero-order valence-electron chi connectivity index (χ0n) is 11.0. The van der Waals surface area contributed by atoms with Gasteiger partial charge in [-0.05, 0) is 35.5 Å². The van der Waals surface area contributed by atoms with E-state index in [9.17, 15) is 0 Å². The van der Waals surface area contributed by atoms with Gasteiger partial charge in [0.1, 0.15) is 10.7 Å². The van der Waals surface area contributed by atoms with Gasteiger partial charge in [-0.3, -0.25) is 4.90 Å². The fraction of sp³-hybridized carbons (Fsp3) is 0.500. The summed E-state index contributed by atoms with van der Waals surface area (Å²) >= 11 is 6.69. The quantitative estimate of drug-likeness (QED) is 0.814. The molecule has 4 nitrogen and oxygen atoms in total. The number of thiophene rings is 1. The first-order valence-corrected chi connectivity index (χ1v) is 8.60. The second kappa shape index (κ2) is 7.33. The molecule has 0 aliphatic heterocycles. The van der Waals surface area contributed by atoms with Crippen LogP contribution in [0.25, 0.3) is 0 Å². The summed E-state index contributed by atoms with van der Waals surface area (Å²) in [7, 11) is 2.11. The Kier molecular flexibility index (Phi) is 5.75. The van der Waals surface area contributed by atoms with Crippen molar-refractivity contribution in [2.45, 2.75) is 26.4 Å². The van der Waals surface area contributed by atoms with E-state index in [4.69, 9.17) is 0 Å². The predicted molar refractivity (Wildman–Crippen MR) is 85.9 cm³/mol. The number of anilines is 1. The first-order chi connectivity index (χ1) is 9.19. The molecule has 1 N–H and O–H groups in total. The van der Waals surface area contributed by atoms with Gasteiger partial charge < -0.3 is 5.32 Å². The molecule has 2 aromatic rings. The number of nitrogens with one attached hydrogen (secondary N) is 1. The van der Waals surface area contributed by atoms with Crippen LogP contribution in [0.1, 0.15) is 23.9 Å². The van der Waals surface area contributed by atoms with E-state index in [0.717, 1.165) is 41.2 Å². The number of hydrogen-bond donors (Lipinski definition) is 1. The van der Waals surface area contributed by atoms with Gasteiger partial charge in [-0.2, -0.15) is 0 Å². The largest absolute Gasteiger partial charge is 0.374 e. The maximum atomic E-state index is 4.21. The molecule has 0 aliphatic carbocycles. The lowest BCUT2D eigenvalue weighted by molar-refractivity contribution is 0.318. The van der Waals surface area contributed by atoms with Crippen molar-refractivity contribution in [1.29, 1.82) is 0 Å². The lowest BCUT2D eigenvalue weighted by atomic mass is 10.3. The van der Waals surface area contributed by atoms with Gasteiger partial charge in [0.25, 0.3) is 0 Å². The Labute approximate surface area is 130 Å². The van der Waals surface area contributed by atoms with Gasteiger partial charge in [0.2, 0.25) is 0 Å². The average Bonchev–Trinajstić information content (AvgIpc) is 2.96. The second-order valence-electron chi connectivity index (χ2n) is 4.38. The normalized spacial score (nSPS) is 11.2. The van der Waals surface area contributed by atoms with Gasteiger partial charge in [-0.15, -0.1) is 16.4 Å². The van der Waals surface area contributed by atoms with Crippen LogP contribution in [0.4, 0.5) is 5.00 Å². The molecule has 0 aliphatic rings. The van der Waals surface area contributed by atoms with E-state index in [2.05, 4.69) is 61.2 Å². The molecule has 7 heteroatoms. The van der Waals surface area contributed by atoms with E-state index >= 15 is 0 Å². The van der Waals surface area contributed by atoms with Crippen molar-refractivity contribution in [2.75, 3.05) is 18.9 Å². The topological polar surface area (TPSA) is 41.1 Å². The number of nitrogens with zero attached hydrogens (tertiary/aromatic N) is 3. The summed E-state index contributed by atoms with van der Waals surface area (Å²) in [6.45, 7) is 4.87. The van der Waals surface area contributed by atoms with Crippen LogP contribution in [0.15, 0.2) is 15.9 Å². The minimum absolute atomic E-state index is 0.818. The Morgan fingerprint density at radius 2 is 2.26 bits per heavy atom. The summed E-state index contributed by atoms with van der Waals surface area (Å²) in [5.74, 6) is 0. The van der Waals surface area contributed by atoms with Crippen LogP contribution in [-0.4, -0.2) is 28.1 Å². The molecular formula is C12H17BrN4S2. The maximum Gasteiger partial charge on any atom is 0.134 e. The van der Waals surface area contributed by atoms with Crippen molar-refractivity contribution >= 4 is 43.8 Å². The number of rotatable bonds is 7. The van der Waals surface area contributed by atoms with Crippen molar-refractivity contribution in [3.8, 4) is 0 Å². The van der Waals surface area contributed by atoms with Crippen LogP contribution < -0.4 is 5.32 Å². The van der Waals surface area contributed by atoms with E-state index in [1.165, 1.54) is 16.4 Å². The van der Waals surface area contributed by atoms with Crippen molar-refractivity contribution in [3.63, 3.8) is 0 Å².